The van der Waals surface area contributed by atoms with Crippen LogP contribution in [-0.4, -0.2) is 0 Å². The van der Waals surface area contributed by atoms with Gasteiger partial charge in [-0.2, -0.15) is 0 Å². The smallest absolute Gasteiger partial charge is 0.136 e. The van der Waals surface area contributed by atoms with Crippen LogP contribution < -0.4 is 9.64 Å². The van der Waals surface area contributed by atoms with E-state index < -0.39 is 0 Å². The number of hydrogen-bond donors (Lipinski definition) is 0. The van der Waals surface area contributed by atoms with E-state index in [4.69, 9.17) is 4.74 Å². The second kappa shape index (κ2) is 13.0. The fourth-order valence-electron chi connectivity index (χ4n) is 8.60. The summed E-state index contributed by atoms with van der Waals surface area (Å²) in [5, 5.41) is 3.77. The lowest BCUT2D eigenvalue weighted by Gasteiger charge is -2.33. The van der Waals surface area contributed by atoms with Crippen LogP contribution in [0.2, 0.25) is 0 Å². The molecule has 2 heterocycles. The Morgan fingerprint density at radius 1 is 0.473 bits per heavy atom. The Bertz CT molecular complexity index is 2800. The SMILES string of the molecule is C1=C(N(c2ccc(-c3ccccc3)cc2)c2ccc(-c3ccccc3)cc2)c2sc3ccccc3c2C2Oc3ccc(-c4cccc5ccccc45)cc3C12. The van der Waals surface area contributed by atoms with Gasteiger partial charge in [0.2, 0.25) is 0 Å². The summed E-state index contributed by atoms with van der Waals surface area (Å²) in [6, 6.07) is 70.2. The number of rotatable bonds is 6. The standard InChI is InChI=1S/C52H35NOS/c1-3-12-34(13-4-1)36-22-27-40(28-23-36)53(41-29-24-37(25-30-41)35-14-5-2-6-15-35)47-33-46-45-32-39(43-20-11-17-38-16-7-8-18-42(38)43)26-31-48(45)54-51(46)50-44-19-9-10-21-49(44)55-52(47)50/h1-33,46,51H. The Hall–Kier alpha value is -6.68. The highest BCUT2D eigenvalue weighted by Crippen LogP contribution is 2.58. The molecular formula is C52H35NOS. The monoisotopic (exact) mass is 721 g/mol. The molecule has 2 unspecified atom stereocenters. The van der Waals surface area contributed by atoms with Gasteiger partial charge in [-0.05, 0) is 92.7 Å². The van der Waals surface area contributed by atoms with Gasteiger partial charge in [-0.25, -0.2) is 0 Å². The number of fused-ring (bicyclic) bond motifs is 8. The van der Waals surface area contributed by atoms with E-state index in [1.54, 1.807) is 0 Å². The molecule has 0 fully saturated rings. The van der Waals surface area contributed by atoms with E-state index in [1.165, 1.54) is 75.9 Å². The molecule has 2 nitrogen and oxygen atoms in total. The summed E-state index contributed by atoms with van der Waals surface area (Å²) < 4.78 is 8.27. The average molecular weight is 722 g/mol. The summed E-state index contributed by atoms with van der Waals surface area (Å²) >= 11 is 1.86. The number of anilines is 2. The number of thiophene rings is 1. The molecule has 0 bridgehead atoms. The molecule has 1 aromatic heterocycles. The van der Waals surface area contributed by atoms with Gasteiger partial charge < -0.3 is 9.64 Å². The highest BCUT2D eigenvalue weighted by Gasteiger charge is 2.43. The first kappa shape index (κ1) is 31.8. The van der Waals surface area contributed by atoms with Crippen LogP contribution in [0.3, 0.4) is 0 Å². The fourth-order valence-corrected chi connectivity index (χ4v) is 9.86. The number of ether oxygens (including phenoxy) is 1. The topological polar surface area (TPSA) is 12.5 Å². The quantitative estimate of drug-likeness (QED) is 0.169. The zero-order valence-electron chi connectivity index (χ0n) is 30.0. The summed E-state index contributed by atoms with van der Waals surface area (Å²) in [6.07, 6.45) is 2.37. The molecule has 55 heavy (non-hydrogen) atoms. The van der Waals surface area contributed by atoms with E-state index in [-0.39, 0.29) is 12.0 Å². The van der Waals surface area contributed by atoms with E-state index in [1.807, 2.05) is 11.3 Å². The first-order valence-electron chi connectivity index (χ1n) is 18.9. The largest absolute Gasteiger partial charge is 0.484 e. The highest BCUT2D eigenvalue weighted by molar-refractivity contribution is 7.20. The number of hydrogen-bond acceptors (Lipinski definition) is 3. The molecule has 0 saturated carbocycles. The Morgan fingerprint density at radius 2 is 1.04 bits per heavy atom. The normalized spacial score (nSPS) is 15.5. The molecule has 1 aliphatic carbocycles. The van der Waals surface area contributed by atoms with E-state index in [0.717, 1.165) is 17.1 Å². The summed E-state index contributed by atoms with van der Waals surface area (Å²) in [7, 11) is 0. The molecule has 0 radical (unpaired) electrons. The Kier molecular flexibility index (Phi) is 7.53. The van der Waals surface area contributed by atoms with Gasteiger partial charge in [0.25, 0.3) is 0 Å². The fraction of sp³-hybridized carbons (Fsp3) is 0.0385. The number of benzene rings is 8. The van der Waals surface area contributed by atoms with Crippen molar-refractivity contribution in [1.29, 1.82) is 0 Å². The molecule has 0 spiro atoms. The van der Waals surface area contributed by atoms with Gasteiger partial charge in [-0.15, -0.1) is 11.3 Å². The molecular weight excluding hydrogens is 687 g/mol. The first-order chi connectivity index (χ1) is 27.3. The molecule has 9 aromatic rings. The van der Waals surface area contributed by atoms with Gasteiger partial charge in [0.05, 0.1) is 10.6 Å². The lowest BCUT2D eigenvalue weighted by atomic mass is 9.83. The average Bonchev–Trinajstić information content (AvgIpc) is 3.83. The third kappa shape index (κ3) is 5.39. The van der Waals surface area contributed by atoms with Gasteiger partial charge in [0, 0.05) is 38.5 Å². The maximum absolute atomic E-state index is 6.99. The molecule has 3 heteroatoms. The highest BCUT2D eigenvalue weighted by atomic mass is 32.1. The Morgan fingerprint density at radius 3 is 1.73 bits per heavy atom. The second-order valence-electron chi connectivity index (χ2n) is 14.4. The third-order valence-electron chi connectivity index (χ3n) is 11.2. The number of nitrogens with zero attached hydrogens (tertiary/aromatic N) is 1. The molecule has 0 N–H and O–H groups in total. The minimum Gasteiger partial charge on any atom is -0.484 e. The lowest BCUT2D eigenvalue weighted by Crippen LogP contribution is -2.22. The Balaban J connectivity index is 1.10. The summed E-state index contributed by atoms with van der Waals surface area (Å²) in [5.74, 6) is 0.990. The van der Waals surface area contributed by atoms with E-state index >= 15 is 0 Å². The zero-order valence-corrected chi connectivity index (χ0v) is 30.8. The summed E-state index contributed by atoms with van der Waals surface area (Å²) in [4.78, 5) is 3.71. The van der Waals surface area contributed by atoms with Crippen molar-refractivity contribution >= 4 is 49.3 Å². The van der Waals surface area contributed by atoms with Crippen LogP contribution in [-0.2, 0) is 0 Å². The van der Waals surface area contributed by atoms with Gasteiger partial charge in [-0.1, -0.05) is 152 Å². The van der Waals surface area contributed by atoms with Crippen molar-refractivity contribution < 1.29 is 4.74 Å². The predicted molar refractivity (Wildman–Crippen MR) is 231 cm³/mol. The minimum absolute atomic E-state index is 0.0279. The molecule has 0 saturated heterocycles. The van der Waals surface area contributed by atoms with Gasteiger partial charge in [0.1, 0.15) is 11.9 Å². The van der Waals surface area contributed by atoms with Crippen LogP contribution in [0, 0.1) is 0 Å². The summed E-state index contributed by atoms with van der Waals surface area (Å²) in [5.41, 5.74) is 13.2. The van der Waals surface area contributed by atoms with E-state index in [9.17, 15) is 0 Å². The van der Waals surface area contributed by atoms with Crippen LogP contribution in [0.5, 0.6) is 5.75 Å². The molecule has 0 amide bonds. The zero-order chi connectivity index (χ0) is 36.3. The molecule has 2 atom stereocenters. The maximum Gasteiger partial charge on any atom is 0.136 e. The van der Waals surface area contributed by atoms with Crippen LogP contribution in [0.25, 0.3) is 59.9 Å². The predicted octanol–water partition coefficient (Wildman–Crippen LogP) is 14.5. The first-order valence-corrected chi connectivity index (χ1v) is 19.7. The lowest BCUT2D eigenvalue weighted by molar-refractivity contribution is 0.225. The van der Waals surface area contributed by atoms with Crippen molar-refractivity contribution in [3.05, 3.63) is 216 Å². The third-order valence-corrected chi connectivity index (χ3v) is 12.5. The van der Waals surface area contributed by atoms with Crippen molar-refractivity contribution in [2.24, 2.45) is 0 Å². The van der Waals surface area contributed by atoms with E-state index in [0.29, 0.717) is 0 Å². The Labute approximate surface area is 324 Å². The molecule has 2 aliphatic rings. The maximum atomic E-state index is 6.99. The van der Waals surface area contributed by atoms with Crippen molar-refractivity contribution in [3.63, 3.8) is 0 Å². The van der Waals surface area contributed by atoms with E-state index in [2.05, 4.69) is 205 Å². The molecule has 260 valence electrons. The van der Waals surface area contributed by atoms with Crippen LogP contribution in [0.1, 0.15) is 28.0 Å². The van der Waals surface area contributed by atoms with Crippen molar-refractivity contribution in [3.8, 4) is 39.1 Å². The van der Waals surface area contributed by atoms with Crippen LogP contribution in [0.4, 0.5) is 11.4 Å². The molecule has 1 aliphatic heterocycles. The molecule has 8 aromatic carbocycles. The van der Waals surface area contributed by atoms with Crippen LogP contribution in [0.15, 0.2) is 200 Å². The van der Waals surface area contributed by atoms with Gasteiger partial charge in [0.15, 0.2) is 0 Å². The van der Waals surface area contributed by atoms with Crippen molar-refractivity contribution in [2.75, 3.05) is 4.90 Å². The van der Waals surface area contributed by atoms with Crippen LogP contribution >= 0.6 is 11.3 Å². The van der Waals surface area contributed by atoms with Crippen molar-refractivity contribution in [2.45, 2.75) is 12.0 Å². The summed E-state index contributed by atoms with van der Waals surface area (Å²) in [6.45, 7) is 0. The molecule has 11 rings (SSSR count). The van der Waals surface area contributed by atoms with Crippen molar-refractivity contribution in [1.82, 2.24) is 0 Å². The minimum atomic E-state index is -0.115. The van der Waals surface area contributed by atoms with Gasteiger partial charge >= 0.3 is 0 Å². The van der Waals surface area contributed by atoms with Gasteiger partial charge in [-0.3, -0.25) is 0 Å². The second-order valence-corrected chi connectivity index (χ2v) is 15.4.